The summed E-state index contributed by atoms with van der Waals surface area (Å²) >= 11 is 0. The van der Waals surface area contributed by atoms with Gasteiger partial charge in [-0.15, -0.1) is 0 Å². The van der Waals surface area contributed by atoms with E-state index in [2.05, 4.69) is 0 Å². The number of fused-ring (bicyclic) bond motifs is 1. The first kappa shape index (κ1) is 23.0. The third-order valence-electron chi connectivity index (χ3n) is 6.04. The lowest BCUT2D eigenvalue weighted by molar-refractivity contribution is 0.0600. The van der Waals surface area contributed by atoms with E-state index in [-0.39, 0.29) is 6.79 Å². The van der Waals surface area contributed by atoms with Crippen LogP contribution in [0.2, 0.25) is 0 Å². The van der Waals surface area contributed by atoms with Crippen molar-refractivity contribution in [3.63, 3.8) is 0 Å². The van der Waals surface area contributed by atoms with Gasteiger partial charge in [0.05, 0.1) is 44.0 Å². The molecule has 0 radical (unpaired) electrons. The van der Waals surface area contributed by atoms with Crippen molar-refractivity contribution in [2.45, 2.75) is 0 Å². The highest BCUT2D eigenvalue weighted by molar-refractivity contribution is 5.97. The topological polar surface area (TPSA) is 85.2 Å². The lowest BCUT2D eigenvalue weighted by Crippen LogP contribution is -2.10. The Morgan fingerprint density at radius 1 is 0.889 bits per heavy atom. The summed E-state index contributed by atoms with van der Waals surface area (Å²) in [7, 11) is 4.43. The number of para-hydroxylation sites is 2. The molecular weight excluding hydrogens is 462 g/mol. The van der Waals surface area contributed by atoms with Crippen LogP contribution in [-0.2, 0) is 4.74 Å². The summed E-state index contributed by atoms with van der Waals surface area (Å²) in [6, 6.07) is 19.8. The van der Waals surface area contributed by atoms with Crippen LogP contribution in [0.15, 0.2) is 66.7 Å². The summed E-state index contributed by atoms with van der Waals surface area (Å²) in [6.45, 7) is 0.141. The minimum absolute atomic E-state index is 0.141. The van der Waals surface area contributed by atoms with Crippen LogP contribution in [0.3, 0.4) is 0 Å². The molecule has 0 bridgehead atoms. The number of ether oxygens (including phenoxy) is 5. The predicted octanol–water partition coefficient (Wildman–Crippen LogP) is 5.16. The van der Waals surface area contributed by atoms with Crippen LogP contribution in [-0.4, -0.2) is 44.9 Å². The van der Waals surface area contributed by atoms with E-state index in [0.29, 0.717) is 51.2 Å². The second-order valence-corrected chi connectivity index (χ2v) is 7.90. The summed E-state index contributed by atoms with van der Waals surface area (Å²) in [5.41, 5.74) is 3.93. The van der Waals surface area contributed by atoms with Crippen molar-refractivity contribution in [3.8, 4) is 51.1 Å². The molecule has 0 aliphatic carbocycles. The maximum atomic E-state index is 12.7. The summed E-state index contributed by atoms with van der Waals surface area (Å²) in [6.07, 6.45) is 0.751. The Bertz CT molecular complexity index is 1470. The van der Waals surface area contributed by atoms with E-state index in [1.54, 1.807) is 55.2 Å². The van der Waals surface area contributed by atoms with Gasteiger partial charge in [0.2, 0.25) is 6.79 Å². The van der Waals surface area contributed by atoms with Gasteiger partial charge in [-0.05, 0) is 48.0 Å². The normalized spacial score (nSPS) is 11.8. The highest BCUT2D eigenvalue weighted by Crippen LogP contribution is 2.46. The number of nitrogens with zero attached hydrogens (tertiary/aromatic N) is 1. The average molecular weight is 485 g/mol. The van der Waals surface area contributed by atoms with Gasteiger partial charge < -0.3 is 28.3 Å². The second-order valence-electron chi connectivity index (χ2n) is 7.90. The zero-order valence-electron chi connectivity index (χ0n) is 19.9. The molecular formula is C28H23NO7. The van der Waals surface area contributed by atoms with Gasteiger partial charge in [0.15, 0.2) is 29.3 Å². The largest absolute Gasteiger partial charge is 0.493 e. The first-order valence-electron chi connectivity index (χ1n) is 11.1. The first-order chi connectivity index (χ1) is 17.6. The van der Waals surface area contributed by atoms with Gasteiger partial charge in [-0.2, -0.15) is 0 Å². The van der Waals surface area contributed by atoms with Gasteiger partial charge >= 0.3 is 5.97 Å². The fraction of sp³-hybridized carbons (Fsp3) is 0.143. The van der Waals surface area contributed by atoms with E-state index in [9.17, 15) is 9.59 Å². The Morgan fingerprint density at radius 2 is 1.69 bits per heavy atom. The van der Waals surface area contributed by atoms with Crippen molar-refractivity contribution < 1.29 is 33.3 Å². The van der Waals surface area contributed by atoms with Gasteiger partial charge in [-0.1, -0.05) is 24.3 Å². The number of aldehydes is 1. The van der Waals surface area contributed by atoms with Crippen molar-refractivity contribution >= 4 is 12.3 Å². The highest BCUT2D eigenvalue weighted by atomic mass is 16.7. The highest BCUT2D eigenvalue weighted by Gasteiger charge is 2.27. The van der Waals surface area contributed by atoms with E-state index in [4.69, 9.17) is 23.7 Å². The molecule has 8 nitrogen and oxygen atoms in total. The fourth-order valence-corrected chi connectivity index (χ4v) is 4.45. The minimum atomic E-state index is -0.524. The molecule has 1 aliphatic heterocycles. The van der Waals surface area contributed by atoms with E-state index in [0.717, 1.165) is 17.4 Å². The van der Waals surface area contributed by atoms with Crippen molar-refractivity contribution in [2.75, 3.05) is 28.1 Å². The lowest BCUT2D eigenvalue weighted by atomic mass is 9.99. The molecule has 0 spiro atoms. The summed E-state index contributed by atoms with van der Waals surface area (Å²) in [5, 5.41) is 0. The summed E-state index contributed by atoms with van der Waals surface area (Å²) in [5.74, 6) is 1.73. The molecule has 0 fully saturated rings. The standard InChI is InChI=1S/C28H23NO7/c1-32-24-10-6-8-20(27(24)33-2)26-21(17-11-12-23-25(13-17)36-16-35-23)14-18(15-30)29(26)22-9-5-4-7-19(22)28(31)34-3/h4-15H,16H2,1-3H3. The molecule has 36 heavy (non-hydrogen) atoms. The number of carbonyl (C=O) groups is 2. The van der Waals surface area contributed by atoms with Crippen LogP contribution >= 0.6 is 0 Å². The third-order valence-corrected chi connectivity index (χ3v) is 6.04. The van der Waals surface area contributed by atoms with Crippen LogP contribution in [0.4, 0.5) is 0 Å². The number of methoxy groups -OCH3 is 3. The van der Waals surface area contributed by atoms with E-state index < -0.39 is 5.97 Å². The zero-order valence-corrected chi connectivity index (χ0v) is 19.9. The van der Waals surface area contributed by atoms with E-state index in [1.807, 2.05) is 30.3 Å². The number of rotatable bonds is 7. The number of hydrogen-bond donors (Lipinski definition) is 0. The number of benzene rings is 3. The molecule has 2 heterocycles. The van der Waals surface area contributed by atoms with Gasteiger partial charge in [0.25, 0.3) is 0 Å². The zero-order chi connectivity index (χ0) is 25.2. The molecule has 0 amide bonds. The van der Waals surface area contributed by atoms with Crippen LogP contribution in [0.1, 0.15) is 20.8 Å². The van der Waals surface area contributed by atoms with Crippen LogP contribution in [0.5, 0.6) is 23.0 Å². The molecule has 0 saturated carbocycles. The van der Waals surface area contributed by atoms with Crippen molar-refractivity contribution in [2.24, 2.45) is 0 Å². The molecule has 182 valence electrons. The fourth-order valence-electron chi connectivity index (χ4n) is 4.45. The molecule has 3 aromatic carbocycles. The van der Waals surface area contributed by atoms with Crippen LogP contribution in [0, 0.1) is 0 Å². The van der Waals surface area contributed by atoms with Crippen molar-refractivity contribution in [3.05, 3.63) is 78.0 Å². The molecule has 0 N–H and O–H groups in total. The number of esters is 1. The van der Waals surface area contributed by atoms with Gasteiger partial charge in [-0.3, -0.25) is 4.79 Å². The van der Waals surface area contributed by atoms with Gasteiger partial charge in [0, 0.05) is 11.1 Å². The number of carbonyl (C=O) groups excluding carboxylic acids is 2. The SMILES string of the molecule is COC(=O)c1ccccc1-n1c(C=O)cc(-c2ccc3c(c2)OCO3)c1-c1cccc(OC)c1OC. The lowest BCUT2D eigenvalue weighted by Gasteiger charge is -2.19. The molecule has 0 atom stereocenters. The Labute approximate surface area is 207 Å². The predicted molar refractivity (Wildman–Crippen MR) is 133 cm³/mol. The number of aromatic nitrogens is 1. The maximum Gasteiger partial charge on any atom is 0.339 e. The Kier molecular flexibility index (Phi) is 6.08. The Hall–Kier alpha value is -4.72. The van der Waals surface area contributed by atoms with E-state index >= 15 is 0 Å². The minimum Gasteiger partial charge on any atom is -0.493 e. The molecule has 0 saturated heterocycles. The van der Waals surface area contributed by atoms with Gasteiger partial charge in [-0.25, -0.2) is 4.79 Å². The van der Waals surface area contributed by atoms with Crippen molar-refractivity contribution in [1.82, 2.24) is 4.57 Å². The quantitative estimate of drug-likeness (QED) is 0.264. The van der Waals surface area contributed by atoms with Crippen molar-refractivity contribution in [1.29, 1.82) is 0 Å². The number of hydrogen-bond acceptors (Lipinski definition) is 7. The Morgan fingerprint density at radius 3 is 2.44 bits per heavy atom. The molecule has 1 aliphatic rings. The molecule has 5 rings (SSSR count). The average Bonchev–Trinajstić information content (AvgIpc) is 3.56. The second kappa shape index (κ2) is 9.50. The maximum absolute atomic E-state index is 12.7. The molecule has 4 aromatic rings. The molecule has 1 aromatic heterocycles. The van der Waals surface area contributed by atoms with Crippen LogP contribution < -0.4 is 18.9 Å². The summed E-state index contributed by atoms with van der Waals surface area (Å²) in [4.78, 5) is 25.1. The van der Waals surface area contributed by atoms with E-state index in [1.165, 1.54) is 7.11 Å². The van der Waals surface area contributed by atoms with Crippen LogP contribution in [0.25, 0.3) is 28.1 Å². The Balaban J connectivity index is 1.89. The third kappa shape index (κ3) is 3.73. The first-order valence-corrected chi connectivity index (χ1v) is 11.1. The summed E-state index contributed by atoms with van der Waals surface area (Å²) < 4.78 is 29.1. The monoisotopic (exact) mass is 485 g/mol. The molecule has 8 heteroatoms. The van der Waals surface area contributed by atoms with Gasteiger partial charge in [0.1, 0.15) is 0 Å². The smallest absolute Gasteiger partial charge is 0.339 e. The molecule has 0 unspecified atom stereocenters.